The first-order valence-corrected chi connectivity index (χ1v) is 9.37. The lowest BCUT2D eigenvalue weighted by Gasteiger charge is -2.36. The SMILES string of the molecule is COc1ccc(CCNC(=S)N2CCN(c3ncccn3)CC2)cc1OC. The lowest BCUT2D eigenvalue weighted by atomic mass is 10.1. The van der Waals surface area contributed by atoms with Crippen LogP contribution in [0.5, 0.6) is 11.5 Å². The zero-order valence-electron chi connectivity index (χ0n) is 15.7. The van der Waals surface area contributed by atoms with Crippen molar-refractivity contribution in [2.45, 2.75) is 6.42 Å². The van der Waals surface area contributed by atoms with E-state index < -0.39 is 0 Å². The van der Waals surface area contributed by atoms with E-state index in [2.05, 4.69) is 25.1 Å². The highest BCUT2D eigenvalue weighted by Crippen LogP contribution is 2.27. The van der Waals surface area contributed by atoms with Gasteiger partial charge in [-0.3, -0.25) is 0 Å². The first-order valence-electron chi connectivity index (χ1n) is 8.97. The molecule has 0 spiro atoms. The average Bonchev–Trinajstić information content (AvgIpc) is 2.74. The van der Waals surface area contributed by atoms with Crippen LogP contribution in [0.1, 0.15) is 5.56 Å². The third-order valence-electron chi connectivity index (χ3n) is 4.54. The van der Waals surface area contributed by atoms with E-state index in [4.69, 9.17) is 21.7 Å². The number of nitrogens with zero attached hydrogens (tertiary/aromatic N) is 4. The molecule has 7 nitrogen and oxygen atoms in total. The smallest absolute Gasteiger partial charge is 0.225 e. The van der Waals surface area contributed by atoms with Crippen LogP contribution in [0.3, 0.4) is 0 Å². The molecule has 2 heterocycles. The molecule has 1 saturated heterocycles. The van der Waals surface area contributed by atoms with Crippen LogP contribution < -0.4 is 19.7 Å². The lowest BCUT2D eigenvalue weighted by molar-refractivity contribution is 0.354. The Bertz CT molecular complexity index is 751. The molecule has 0 bridgehead atoms. The summed E-state index contributed by atoms with van der Waals surface area (Å²) in [5.41, 5.74) is 1.17. The largest absolute Gasteiger partial charge is 0.493 e. The Morgan fingerprint density at radius 2 is 1.78 bits per heavy atom. The summed E-state index contributed by atoms with van der Waals surface area (Å²) in [7, 11) is 3.29. The summed E-state index contributed by atoms with van der Waals surface area (Å²) < 4.78 is 10.6. The number of piperazine rings is 1. The van der Waals surface area contributed by atoms with Crippen molar-refractivity contribution >= 4 is 23.3 Å². The third-order valence-corrected chi connectivity index (χ3v) is 4.94. The summed E-state index contributed by atoms with van der Waals surface area (Å²) in [6.07, 6.45) is 4.41. The Balaban J connectivity index is 1.44. The maximum absolute atomic E-state index is 5.55. The second kappa shape index (κ2) is 9.36. The molecule has 0 radical (unpaired) electrons. The predicted octanol–water partition coefficient (Wildman–Crippen LogP) is 1.73. The number of hydrogen-bond acceptors (Lipinski definition) is 6. The summed E-state index contributed by atoms with van der Waals surface area (Å²) in [5, 5.41) is 4.15. The third kappa shape index (κ3) is 4.97. The maximum atomic E-state index is 5.55. The minimum atomic E-state index is 0.741. The fourth-order valence-electron chi connectivity index (χ4n) is 3.03. The Morgan fingerprint density at radius 3 is 2.44 bits per heavy atom. The molecular weight excluding hydrogens is 362 g/mol. The predicted molar refractivity (Wildman–Crippen MR) is 110 cm³/mol. The van der Waals surface area contributed by atoms with E-state index in [1.54, 1.807) is 26.6 Å². The lowest BCUT2D eigenvalue weighted by Crippen LogP contribution is -2.52. The second-order valence-electron chi connectivity index (χ2n) is 6.19. The highest BCUT2D eigenvalue weighted by Gasteiger charge is 2.20. The number of anilines is 1. The Kier molecular flexibility index (Phi) is 6.64. The van der Waals surface area contributed by atoms with Gasteiger partial charge in [-0.2, -0.15) is 0 Å². The zero-order valence-corrected chi connectivity index (χ0v) is 16.5. The van der Waals surface area contributed by atoms with E-state index in [1.165, 1.54) is 5.56 Å². The average molecular weight is 388 g/mol. The number of rotatable bonds is 6. The van der Waals surface area contributed by atoms with Crippen LogP contribution in [0, 0.1) is 0 Å². The van der Waals surface area contributed by atoms with Gasteiger partial charge < -0.3 is 24.6 Å². The molecule has 0 unspecified atom stereocenters. The Morgan fingerprint density at radius 1 is 1.07 bits per heavy atom. The molecule has 1 N–H and O–H groups in total. The Hall–Kier alpha value is -2.61. The topological polar surface area (TPSA) is 62.8 Å². The molecule has 0 saturated carbocycles. The monoisotopic (exact) mass is 387 g/mol. The highest BCUT2D eigenvalue weighted by atomic mass is 32.1. The first-order chi connectivity index (χ1) is 13.2. The van der Waals surface area contributed by atoms with Gasteiger partial charge in [-0.15, -0.1) is 0 Å². The van der Waals surface area contributed by atoms with Crippen LogP contribution in [0.25, 0.3) is 0 Å². The van der Waals surface area contributed by atoms with Crippen LogP contribution in [-0.2, 0) is 6.42 Å². The summed E-state index contributed by atoms with van der Waals surface area (Å²) >= 11 is 5.55. The molecule has 1 aromatic carbocycles. The molecule has 0 atom stereocenters. The van der Waals surface area contributed by atoms with Crippen molar-refractivity contribution in [2.24, 2.45) is 0 Å². The molecule has 0 amide bonds. The molecule has 2 aromatic rings. The van der Waals surface area contributed by atoms with Gasteiger partial charge in [0.2, 0.25) is 5.95 Å². The molecule has 0 aliphatic carbocycles. The second-order valence-corrected chi connectivity index (χ2v) is 6.58. The molecular formula is C19H25N5O2S. The summed E-state index contributed by atoms with van der Waals surface area (Å²) in [6.45, 7) is 4.22. The van der Waals surface area contributed by atoms with Crippen molar-refractivity contribution in [3.8, 4) is 11.5 Å². The minimum Gasteiger partial charge on any atom is -0.493 e. The van der Waals surface area contributed by atoms with Crippen molar-refractivity contribution in [3.05, 3.63) is 42.2 Å². The van der Waals surface area contributed by atoms with Crippen molar-refractivity contribution in [3.63, 3.8) is 0 Å². The normalized spacial score (nSPS) is 14.0. The standard InChI is InChI=1S/C19H25N5O2S/c1-25-16-5-4-15(14-17(16)26-2)6-9-22-19(27)24-12-10-23(11-13-24)18-20-7-3-8-21-18/h3-5,7-8,14H,6,9-13H2,1-2H3,(H,22,27). The van der Waals surface area contributed by atoms with Crippen LogP contribution in [0.15, 0.2) is 36.7 Å². The number of methoxy groups -OCH3 is 2. The van der Waals surface area contributed by atoms with Crippen molar-refractivity contribution in [1.82, 2.24) is 20.2 Å². The van der Waals surface area contributed by atoms with Crippen LogP contribution in [-0.4, -0.2) is 66.9 Å². The van der Waals surface area contributed by atoms with E-state index in [0.717, 1.165) is 61.7 Å². The molecule has 8 heteroatoms. The number of ether oxygens (including phenoxy) is 2. The summed E-state index contributed by atoms with van der Waals surface area (Å²) in [5.74, 6) is 2.27. The number of nitrogens with one attached hydrogen (secondary N) is 1. The minimum absolute atomic E-state index is 0.741. The van der Waals surface area contributed by atoms with Gasteiger partial charge in [0.1, 0.15) is 0 Å². The molecule has 1 fully saturated rings. The van der Waals surface area contributed by atoms with E-state index in [-0.39, 0.29) is 0 Å². The van der Waals surface area contributed by atoms with Gasteiger partial charge in [0.15, 0.2) is 16.6 Å². The quantitative estimate of drug-likeness (QED) is 0.752. The van der Waals surface area contributed by atoms with Crippen molar-refractivity contribution < 1.29 is 9.47 Å². The van der Waals surface area contributed by atoms with Gasteiger partial charge in [0.25, 0.3) is 0 Å². The maximum Gasteiger partial charge on any atom is 0.225 e. The summed E-state index contributed by atoms with van der Waals surface area (Å²) in [6, 6.07) is 7.81. The number of aromatic nitrogens is 2. The van der Waals surface area contributed by atoms with Gasteiger partial charge in [-0.1, -0.05) is 6.07 Å². The van der Waals surface area contributed by atoms with E-state index in [9.17, 15) is 0 Å². The fourth-order valence-corrected chi connectivity index (χ4v) is 3.31. The van der Waals surface area contributed by atoms with E-state index in [1.807, 2.05) is 24.3 Å². The fraction of sp³-hybridized carbons (Fsp3) is 0.421. The van der Waals surface area contributed by atoms with Crippen molar-refractivity contribution in [2.75, 3.05) is 51.8 Å². The van der Waals surface area contributed by atoms with Gasteiger partial charge in [0.05, 0.1) is 14.2 Å². The van der Waals surface area contributed by atoms with E-state index >= 15 is 0 Å². The van der Waals surface area contributed by atoms with Gasteiger partial charge in [-0.25, -0.2) is 9.97 Å². The zero-order chi connectivity index (χ0) is 19.1. The highest BCUT2D eigenvalue weighted by molar-refractivity contribution is 7.80. The molecule has 3 rings (SSSR count). The van der Waals surface area contributed by atoms with Gasteiger partial charge in [-0.05, 0) is 42.4 Å². The molecule has 1 aromatic heterocycles. The van der Waals surface area contributed by atoms with Crippen LogP contribution in [0.2, 0.25) is 0 Å². The molecule has 144 valence electrons. The number of hydrogen-bond donors (Lipinski definition) is 1. The molecule has 1 aliphatic rings. The van der Waals surface area contributed by atoms with Crippen LogP contribution in [0.4, 0.5) is 5.95 Å². The molecule has 1 aliphatic heterocycles. The van der Waals surface area contributed by atoms with Crippen molar-refractivity contribution in [1.29, 1.82) is 0 Å². The number of benzene rings is 1. The first kappa shape index (κ1) is 19.2. The molecule has 27 heavy (non-hydrogen) atoms. The van der Waals surface area contributed by atoms with Gasteiger partial charge in [0, 0.05) is 45.1 Å². The van der Waals surface area contributed by atoms with Gasteiger partial charge >= 0.3 is 0 Å². The van der Waals surface area contributed by atoms with Crippen LogP contribution >= 0.6 is 12.2 Å². The van der Waals surface area contributed by atoms with E-state index in [0.29, 0.717) is 0 Å². The number of thiocarbonyl (C=S) groups is 1. The Labute approximate surface area is 165 Å². The summed E-state index contributed by atoms with van der Waals surface area (Å²) in [4.78, 5) is 13.0.